The normalized spacial score (nSPS) is 66.0. The van der Waals surface area contributed by atoms with Gasteiger partial charge in [-0.3, -0.25) is 0 Å². The third-order valence-electron chi connectivity index (χ3n) is 3.49. The predicted molar refractivity (Wildman–Crippen MR) is 32.4 cm³/mol. The van der Waals surface area contributed by atoms with Crippen LogP contribution in [-0.2, 0) is 0 Å². The van der Waals surface area contributed by atoms with Crippen molar-refractivity contribution in [1.29, 1.82) is 0 Å². The van der Waals surface area contributed by atoms with Crippen molar-refractivity contribution in [2.75, 3.05) is 0 Å². The highest BCUT2D eigenvalue weighted by Gasteiger charge is 2.53. The molecular weight excluding hydrogens is 96.1 g/mol. The molecule has 4 rings (SSSR count). The summed E-state index contributed by atoms with van der Waals surface area (Å²) in [5.74, 6) is 4.88. The van der Waals surface area contributed by atoms with Crippen molar-refractivity contribution in [3.05, 3.63) is 0 Å². The number of rotatable bonds is 0. The minimum Gasteiger partial charge on any atom is -0.0473 e. The Morgan fingerprint density at radius 3 is 1.75 bits per heavy atom. The van der Waals surface area contributed by atoms with E-state index in [1.807, 2.05) is 0 Å². The maximum atomic E-state index is 1.61. The summed E-state index contributed by atoms with van der Waals surface area (Å²) in [4.78, 5) is 0. The lowest BCUT2D eigenvalue weighted by Crippen LogP contribution is -2.30. The second-order valence-electron chi connectivity index (χ2n) is 3.99. The molecule has 4 saturated carbocycles. The van der Waals surface area contributed by atoms with E-state index in [0.717, 1.165) is 0 Å². The maximum Gasteiger partial charge on any atom is -0.0354 e. The van der Waals surface area contributed by atoms with Gasteiger partial charge in [0.1, 0.15) is 0 Å². The standard InChI is InChI=1S/C8H12/c1-5-2-6(1)8-4-7(8)3-5/h5-8H,1-4H2. The first kappa shape index (κ1) is 3.92. The largest absolute Gasteiger partial charge is 0.0473 e. The molecule has 4 fully saturated rings. The molecule has 44 valence electrons. The highest BCUT2D eigenvalue weighted by atomic mass is 14.6. The van der Waals surface area contributed by atoms with Gasteiger partial charge in [-0.05, 0) is 49.4 Å². The molecule has 2 unspecified atom stereocenters. The SMILES string of the molecule is C1C2CC1C1CC1C2. The molecular formula is C8H12. The van der Waals surface area contributed by atoms with Crippen LogP contribution in [-0.4, -0.2) is 0 Å². The van der Waals surface area contributed by atoms with Crippen LogP contribution in [0.3, 0.4) is 0 Å². The van der Waals surface area contributed by atoms with Crippen LogP contribution in [0, 0.1) is 23.7 Å². The van der Waals surface area contributed by atoms with Gasteiger partial charge in [0.15, 0.2) is 0 Å². The molecule has 0 aromatic heterocycles. The molecule has 0 spiro atoms. The summed E-state index contributed by atoms with van der Waals surface area (Å²) in [6, 6.07) is 0. The van der Waals surface area contributed by atoms with E-state index in [0.29, 0.717) is 0 Å². The maximum absolute atomic E-state index is 1.61. The molecule has 0 amide bonds. The molecule has 0 heteroatoms. The zero-order valence-electron chi connectivity index (χ0n) is 5.14. The molecule has 2 bridgehead atoms. The Morgan fingerprint density at radius 1 is 0.750 bits per heavy atom. The molecule has 0 N–H and O–H groups in total. The van der Waals surface area contributed by atoms with E-state index in [-0.39, 0.29) is 0 Å². The van der Waals surface area contributed by atoms with Gasteiger partial charge in [0.05, 0.1) is 0 Å². The average molecular weight is 108 g/mol. The summed E-state index contributed by atoms with van der Waals surface area (Å²) in [6.07, 6.45) is 6.45. The van der Waals surface area contributed by atoms with Crippen LogP contribution in [0.15, 0.2) is 0 Å². The van der Waals surface area contributed by atoms with Gasteiger partial charge in [0, 0.05) is 0 Å². The zero-order chi connectivity index (χ0) is 5.14. The lowest BCUT2D eigenvalue weighted by Gasteiger charge is -2.40. The fraction of sp³-hybridized carbons (Fsp3) is 1.00. The molecule has 0 aromatic rings. The lowest BCUT2D eigenvalue weighted by atomic mass is 9.65. The van der Waals surface area contributed by atoms with E-state index < -0.39 is 0 Å². The van der Waals surface area contributed by atoms with Crippen molar-refractivity contribution in [1.82, 2.24) is 0 Å². The van der Waals surface area contributed by atoms with Crippen LogP contribution in [0.5, 0.6) is 0 Å². The first-order chi connectivity index (χ1) is 3.93. The molecule has 8 heavy (non-hydrogen) atoms. The number of hydrogen-bond donors (Lipinski definition) is 0. The zero-order valence-corrected chi connectivity index (χ0v) is 5.14. The Labute approximate surface area is 50.3 Å². The van der Waals surface area contributed by atoms with E-state index in [1.54, 1.807) is 25.7 Å². The van der Waals surface area contributed by atoms with Crippen LogP contribution in [0.4, 0.5) is 0 Å². The second-order valence-corrected chi connectivity index (χ2v) is 3.99. The lowest BCUT2D eigenvalue weighted by molar-refractivity contribution is 0.103. The Balaban J connectivity index is 1.91. The smallest absolute Gasteiger partial charge is 0.0354 e. The van der Waals surface area contributed by atoms with Gasteiger partial charge in [-0.2, -0.15) is 0 Å². The number of hydrogen-bond acceptors (Lipinski definition) is 0. The predicted octanol–water partition coefficient (Wildman–Crippen LogP) is 2.05. The van der Waals surface area contributed by atoms with Crippen molar-refractivity contribution in [3.63, 3.8) is 0 Å². The minimum atomic E-state index is 1.20. The van der Waals surface area contributed by atoms with Crippen molar-refractivity contribution in [3.8, 4) is 0 Å². The summed E-state index contributed by atoms with van der Waals surface area (Å²) in [5, 5.41) is 0. The van der Waals surface area contributed by atoms with Gasteiger partial charge in [0.25, 0.3) is 0 Å². The van der Waals surface area contributed by atoms with Crippen molar-refractivity contribution >= 4 is 0 Å². The molecule has 2 atom stereocenters. The van der Waals surface area contributed by atoms with Crippen molar-refractivity contribution in [2.24, 2.45) is 23.7 Å². The molecule has 0 aromatic carbocycles. The van der Waals surface area contributed by atoms with Gasteiger partial charge >= 0.3 is 0 Å². The summed E-state index contributed by atoms with van der Waals surface area (Å²) < 4.78 is 0. The molecule has 0 heterocycles. The Hall–Kier alpha value is 0. The molecule has 0 nitrogen and oxygen atoms in total. The monoisotopic (exact) mass is 108 g/mol. The second kappa shape index (κ2) is 0.984. The quantitative estimate of drug-likeness (QED) is 0.445. The Kier molecular flexibility index (Phi) is 0.482. The fourth-order valence-corrected chi connectivity index (χ4v) is 2.88. The molecule has 0 saturated heterocycles. The first-order valence-corrected chi connectivity index (χ1v) is 3.93. The summed E-state index contributed by atoms with van der Waals surface area (Å²) in [5.41, 5.74) is 0. The first-order valence-electron chi connectivity index (χ1n) is 3.93. The van der Waals surface area contributed by atoms with E-state index in [2.05, 4.69) is 0 Å². The van der Waals surface area contributed by atoms with Gasteiger partial charge in [0.2, 0.25) is 0 Å². The van der Waals surface area contributed by atoms with Crippen molar-refractivity contribution < 1.29 is 0 Å². The third-order valence-corrected chi connectivity index (χ3v) is 3.49. The molecule has 0 aliphatic heterocycles. The summed E-state index contributed by atoms with van der Waals surface area (Å²) >= 11 is 0. The Bertz CT molecular complexity index is 122. The van der Waals surface area contributed by atoms with Crippen LogP contribution >= 0.6 is 0 Å². The van der Waals surface area contributed by atoms with Gasteiger partial charge in [-0.1, -0.05) is 0 Å². The van der Waals surface area contributed by atoms with E-state index >= 15 is 0 Å². The minimum absolute atomic E-state index is 1.20. The van der Waals surface area contributed by atoms with E-state index in [9.17, 15) is 0 Å². The van der Waals surface area contributed by atoms with Crippen LogP contribution in [0.2, 0.25) is 0 Å². The van der Waals surface area contributed by atoms with E-state index in [1.165, 1.54) is 23.7 Å². The third kappa shape index (κ3) is 0.310. The van der Waals surface area contributed by atoms with E-state index in [4.69, 9.17) is 0 Å². The van der Waals surface area contributed by atoms with Crippen LogP contribution in [0.1, 0.15) is 25.7 Å². The molecule has 0 radical (unpaired) electrons. The summed E-state index contributed by atoms with van der Waals surface area (Å²) in [6.45, 7) is 0. The highest BCUT2D eigenvalue weighted by Crippen LogP contribution is 2.63. The summed E-state index contributed by atoms with van der Waals surface area (Å²) in [7, 11) is 0. The Morgan fingerprint density at radius 2 is 1.38 bits per heavy atom. The van der Waals surface area contributed by atoms with Gasteiger partial charge in [-0.15, -0.1) is 0 Å². The highest BCUT2D eigenvalue weighted by molar-refractivity contribution is 5.03. The molecule has 4 aliphatic carbocycles. The fourth-order valence-electron chi connectivity index (χ4n) is 2.88. The van der Waals surface area contributed by atoms with Crippen LogP contribution < -0.4 is 0 Å². The van der Waals surface area contributed by atoms with Gasteiger partial charge < -0.3 is 0 Å². The molecule has 4 aliphatic rings. The topological polar surface area (TPSA) is 0 Å². The van der Waals surface area contributed by atoms with Crippen molar-refractivity contribution in [2.45, 2.75) is 25.7 Å². The average Bonchev–Trinajstić information content (AvgIpc) is 2.35. The van der Waals surface area contributed by atoms with Crippen LogP contribution in [0.25, 0.3) is 0 Å². The van der Waals surface area contributed by atoms with Gasteiger partial charge in [-0.25, -0.2) is 0 Å².